The molecule has 28 heavy (non-hydrogen) atoms. The fraction of sp³-hybridized carbons (Fsp3) is 0.190. The largest absolute Gasteiger partial charge is 0.468 e. The van der Waals surface area contributed by atoms with Crippen molar-refractivity contribution in [2.75, 3.05) is 12.4 Å². The maximum Gasteiger partial charge on any atom is 0.330 e. The Morgan fingerprint density at radius 2 is 1.86 bits per heavy atom. The van der Waals surface area contributed by atoms with Gasteiger partial charge in [-0.1, -0.05) is 42.0 Å². The van der Waals surface area contributed by atoms with E-state index in [4.69, 9.17) is 5.73 Å². The molecule has 1 unspecified atom stereocenters. The Balaban J connectivity index is 1.81. The minimum absolute atomic E-state index is 0.329. The first-order chi connectivity index (χ1) is 13.4. The fourth-order valence-electron chi connectivity index (χ4n) is 2.72. The Bertz CT molecular complexity index is 1010. The molecular weight excluding hydrogens is 374 g/mol. The topological polar surface area (TPSA) is 94.3 Å². The number of aromatic nitrogens is 1. The van der Waals surface area contributed by atoms with Crippen molar-refractivity contribution in [3.8, 4) is 11.3 Å². The first kappa shape index (κ1) is 19.7. The van der Waals surface area contributed by atoms with Crippen molar-refractivity contribution >= 4 is 33.9 Å². The monoisotopic (exact) mass is 395 g/mol. The van der Waals surface area contributed by atoms with Crippen molar-refractivity contribution in [1.29, 1.82) is 0 Å². The molecule has 0 fully saturated rings. The molecule has 0 saturated carbocycles. The highest BCUT2D eigenvalue weighted by Crippen LogP contribution is 2.32. The standard InChI is InChI=1S/C21H21N3O3S/c1-12-7-9-14(10-8-12)18-13(2)28-21(24-18)23-16-6-4-5-15(11-16)19(25)17(22)20(26)27-3/h4-11,17H,22H2,1-3H3,(H,23,24). The zero-order valence-corrected chi connectivity index (χ0v) is 16.7. The van der Waals surface area contributed by atoms with Gasteiger partial charge in [-0.2, -0.15) is 0 Å². The number of nitrogens with zero attached hydrogens (tertiary/aromatic N) is 1. The van der Waals surface area contributed by atoms with E-state index < -0.39 is 17.8 Å². The lowest BCUT2D eigenvalue weighted by Crippen LogP contribution is -2.39. The zero-order chi connectivity index (χ0) is 20.3. The summed E-state index contributed by atoms with van der Waals surface area (Å²) < 4.78 is 4.54. The number of anilines is 2. The highest BCUT2D eigenvalue weighted by atomic mass is 32.1. The Labute approximate surface area is 167 Å². The lowest BCUT2D eigenvalue weighted by molar-refractivity contribution is -0.140. The van der Waals surface area contributed by atoms with E-state index in [0.717, 1.165) is 21.3 Å². The number of nitrogens with one attached hydrogen (secondary N) is 1. The Morgan fingerprint density at radius 1 is 1.14 bits per heavy atom. The van der Waals surface area contributed by atoms with Gasteiger partial charge in [0, 0.05) is 21.7 Å². The number of thiazole rings is 1. The highest BCUT2D eigenvalue weighted by molar-refractivity contribution is 7.16. The molecule has 3 rings (SSSR count). The summed E-state index contributed by atoms with van der Waals surface area (Å²) in [7, 11) is 1.20. The number of ether oxygens (including phenoxy) is 1. The second-order valence-electron chi connectivity index (χ2n) is 6.36. The number of carbonyl (C=O) groups excluding carboxylic acids is 2. The van der Waals surface area contributed by atoms with E-state index in [1.54, 1.807) is 18.2 Å². The molecule has 6 nitrogen and oxygen atoms in total. The number of esters is 1. The van der Waals surface area contributed by atoms with E-state index >= 15 is 0 Å². The van der Waals surface area contributed by atoms with Gasteiger partial charge in [0.25, 0.3) is 0 Å². The van der Waals surface area contributed by atoms with Crippen LogP contribution in [0.15, 0.2) is 48.5 Å². The van der Waals surface area contributed by atoms with Gasteiger partial charge in [0.15, 0.2) is 17.0 Å². The van der Waals surface area contributed by atoms with Crippen LogP contribution < -0.4 is 11.1 Å². The number of hydrogen-bond donors (Lipinski definition) is 2. The van der Waals surface area contributed by atoms with Crippen LogP contribution in [0, 0.1) is 13.8 Å². The third kappa shape index (κ3) is 4.27. The third-order valence-electron chi connectivity index (χ3n) is 4.26. The number of methoxy groups -OCH3 is 1. The van der Waals surface area contributed by atoms with E-state index in [2.05, 4.69) is 39.3 Å². The van der Waals surface area contributed by atoms with Gasteiger partial charge in [-0.25, -0.2) is 9.78 Å². The smallest absolute Gasteiger partial charge is 0.330 e. The second-order valence-corrected chi connectivity index (χ2v) is 7.56. The van der Waals surface area contributed by atoms with E-state index in [1.807, 2.05) is 19.9 Å². The molecule has 2 aromatic carbocycles. The average molecular weight is 395 g/mol. The first-order valence-electron chi connectivity index (χ1n) is 8.68. The third-order valence-corrected chi connectivity index (χ3v) is 5.14. The van der Waals surface area contributed by atoms with Gasteiger partial charge in [0.2, 0.25) is 0 Å². The number of nitrogens with two attached hydrogens (primary N) is 1. The van der Waals surface area contributed by atoms with Gasteiger partial charge >= 0.3 is 5.97 Å². The van der Waals surface area contributed by atoms with Crippen molar-refractivity contribution in [2.45, 2.75) is 19.9 Å². The number of Topliss-reactive ketones (excluding diaryl/α,β-unsaturated/α-hetero) is 1. The van der Waals surface area contributed by atoms with Crippen LogP contribution in [0.2, 0.25) is 0 Å². The maximum atomic E-state index is 12.4. The van der Waals surface area contributed by atoms with E-state index in [0.29, 0.717) is 11.3 Å². The zero-order valence-electron chi connectivity index (χ0n) is 15.9. The summed E-state index contributed by atoms with van der Waals surface area (Å²) in [5.41, 5.74) is 9.84. The molecule has 144 valence electrons. The van der Waals surface area contributed by atoms with Crippen molar-refractivity contribution in [1.82, 2.24) is 4.98 Å². The quantitative estimate of drug-likeness (QED) is 0.374. The van der Waals surface area contributed by atoms with Crippen LogP contribution in [-0.4, -0.2) is 29.9 Å². The van der Waals surface area contributed by atoms with E-state index in [1.165, 1.54) is 24.0 Å². The van der Waals surface area contributed by atoms with Crippen LogP contribution in [0.1, 0.15) is 20.8 Å². The summed E-state index contributed by atoms with van der Waals surface area (Å²) in [5.74, 6) is -1.26. The molecule has 3 aromatic rings. The van der Waals surface area contributed by atoms with Gasteiger partial charge in [0.05, 0.1) is 12.8 Å². The molecule has 3 N–H and O–H groups in total. The summed E-state index contributed by atoms with van der Waals surface area (Å²) in [6, 6.07) is 13.7. The number of ketones is 1. The normalized spacial score (nSPS) is 11.7. The summed E-state index contributed by atoms with van der Waals surface area (Å²) in [6.45, 7) is 4.07. The van der Waals surface area contributed by atoms with Crippen molar-refractivity contribution < 1.29 is 14.3 Å². The Morgan fingerprint density at radius 3 is 2.54 bits per heavy atom. The van der Waals surface area contributed by atoms with Crippen molar-refractivity contribution in [3.63, 3.8) is 0 Å². The fourth-order valence-corrected chi connectivity index (χ4v) is 3.57. The Kier molecular flexibility index (Phi) is 5.87. The van der Waals surface area contributed by atoms with E-state index in [-0.39, 0.29) is 0 Å². The molecule has 0 saturated heterocycles. The molecule has 0 aliphatic carbocycles. The predicted molar refractivity (Wildman–Crippen MR) is 111 cm³/mol. The van der Waals surface area contributed by atoms with E-state index in [9.17, 15) is 9.59 Å². The summed E-state index contributed by atoms with van der Waals surface area (Å²) >= 11 is 1.53. The summed E-state index contributed by atoms with van der Waals surface area (Å²) in [6.07, 6.45) is 0. The van der Waals surface area contributed by atoms with Gasteiger partial charge in [-0.05, 0) is 26.0 Å². The molecule has 1 atom stereocenters. The number of benzene rings is 2. The molecule has 0 aliphatic rings. The molecular formula is C21H21N3O3S. The van der Waals surface area contributed by atoms with Crippen LogP contribution >= 0.6 is 11.3 Å². The van der Waals surface area contributed by atoms with Crippen molar-refractivity contribution in [3.05, 3.63) is 64.5 Å². The molecule has 0 aliphatic heterocycles. The van der Waals surface area contributed by atoms with Gasteiger partial charge in [0.1, 0.15) is 0 Å². The number of rotatable bonds is 6. The lowest BCUT2D eigenvalue weighted by atomic mass is 10.0. The minimum Gasteiger partial charge on any atom is -0.468 e. The lowest BCUT2D eigenvalue weighted by Gasteiger charge is -2.09. The average Bonchev–Trinajstić information content (AvgIpc) is 3.06. The van der Waals surface area contributed by atoms with Gasteiger partial charge in [-0.3, -0.25) is 4.79 Å². The maximum absolute atomic E-state index is 12.4. The van der Waals surface area contributed by atoms with Crippen LogP contribution in [0.25, 0.3) is 11.3 Å². The SMILES string of the molecule is COC(=O)C(N)C(=O)c1cccc(Nc2nc(-c3ccc(C)cc3)c(C)s2)c1. The summed E-state index contributed by atoms with van der Waals surface area (Å²) in [4.78, 5) is 29.6. The number of aryl methyl sites for hydroxylation is 2. The molecule has 0 amide bonds. The number of carbonyl (C=O) groups is 2. The van der Waals surface area contributed by atoms with Gasteiger partial charge < -0.3 is 15.8 Å². The molecule has 0 bridgehead atoms. The van der Waals surface area contributed by atoms with Crippen LogP contribution in [0.5, 0.6) is 0 Å². The van der Waals surface area contributed by atoms with Crippen LogP contribution in [0.3, 0.4) is 0 Å². The minimum atomic E-state index is -1.34. The molecule has 0 spiro atoms. The molecule has 1 heterocycles. The first-order valence-corrected chi connectivity index (χ1v) is 9.50. The van der Waals surface area contributed by atoms with Crippen LogP contribution in [-0.2, 0) is 9.53 Å². The predicted octanol–water partition coefficient (Wildman–Crippen LogP) is 3.85. The Hall–Kier alpha value is -3.03. The summed E-state index contributed by atoms with van der Waals surface area (Å²) in [5, 5.41) is 3.94. The molecule has 1 aromatic heterocycles. The molecule has 0 radical (unpaired) electrons. The second kappa shape index (κ2) is 8.33. The van der Waals surface area contributed by atoms with Crippen LogP contribution in [0.4, 0.5) is 10.8 Å². The van der Waals surface area contributed by atoms with Gasteiger partial charge in [-0.15, -0.1) is 11.3 Å². The highest BCUT2D eigenvalue weighted by Gasteiger charge is 2.24. The number of hydrogen-bond acceptors (Lipinski definition) is 7. The molecule has 7 heteroatoms. The van der Waals surface area contributed by atoms with Crippen molar-refractivity contribution in [2.24, 2.45) is 5.73 Å².